The first kappa shape index (κ1) is 15.3. The second-order valence-electron chi connectivity index (χ2n) is 7.58. The van der Waals surface area contributed by atoms with Gasteiger partial charge in [-0.15, -0.1) is 0 Å². The van der Waals surface area contributed by atoms with E-state index in [9.17, 15) is 4.79 Å². The number of ether oxygens (including phenoxy) is 1. The van der Waals surface area contributed by atoms with Gasteiger partial charge in [-0.05, 0) is 32.2 Å². The van der Waals surface area contributed by atoms with Crippen molar-refractivity contribution >= 4 is 5.78 Å². The Morgan fingerprint density at radius 2 is 1.87 bits per heavy atom. The molecule has 124 valence electrons. The molecule has 3 fully saturated rings. The number of fused-ring (bicyclic) bond motifs is 5. The van der Waals surface area contributed by atoms with E-state index in [4.69, 9.17) is 4.74 Å². The fourth-order valence-corrected chi connectivity index (χ4v) is 4.93. The Morgan fingerprint density at radius 3 is 2.48 bits per heavy atom. The van der Waals surface area contributed by atoms with Gasteiger partial charge in [-0.25, -0.2) is 0 Å². The van der Waals surface area contributed by atoms with Crippen LogP contribution in [0.1, 0.15) is 49.4 Å². The summed E-state index contributed by atoms with van der Waals surface area (Å²) in [5, 5.41) is 0. The first-order valence-electron chi connectivity index (χ1n) is 9.17. The van der Waals surface area contributed by atoms with Crippen molar-refractivity contribution in [2.24, 2.45) is 11.8 Å². The number of rotatable bonds is 6. The predicted octanol–water partition coefficient (Wildman–Crippen LogP) is 3.54. The lowest BCUT2D eigenvalue weighted by Crippen LogP contribution is -2.47. The lowest BCUT2D eigenvalue weighted by atomic mass is 9.75. The van der Waals surface area contributed by atoms with E-state index in [1.54, 1.807) is 0 Å². The maximum absolute atomic E-state index is 13.1. The molecule has 4 rings (SSSR count). The highest BCUT2D eigenvalue weighted by molar-refractivity contribution is 5.98. The SMILES string of the molecule is CCCCC(C(=O)c1ccccc1)C1CC2C3OC3C(C1)N2C. The molecule has 1 aromatic carbocycles. The highest BCUT2D eigenvalue weighted by Gasteiger charge is 2.62. The van der Waals surface area contributed by atoms with Gasteiger partial charge in [0, 0.05) is 23.6 Å². The van der Waals surface area contributed by atoms with Crippen molar-refractivity contribution < 1.29 is 9.53 Å². The van der Waals surface area contributed by atoms with E-state index in [0.717, 1.165) is 37.7 Å². The van der Waals surface area contributed by atoms with E-state index in [-0.39, 0.29) is 5.92 Å². The molecule has 1 aromatic rings. The summed E-state index contributed by atoms with van der Waals surface area (Å²) in [4.78, 5) is 15.6. The molecule has 0 spiro atoms. The highest BCUT2D eigenvalue weighted by Crippen LogP contribution is 2.51. The van der Waals surface area contributed by atoms with Crippen molar-refractivity contribution in [2.75, 3.05) is 7.05 Å². The lowest BCUT2D eigenvalue weighted by Gasteiger charge is -2.41. The van der Waals surface area contributed by atoms with E-state index < -0.39 is 0 Å². The van der Waals surface area contributed by atoms with Crippen LogP contribution in [0.4, 0.5) is 0 Å². The van der Waals surface area contributed by atoms with E-state index >= 15 is 0 Å². The number of Topliss-reactive ketones (excluding diaryl/α,β-unsaturated/α-hetero) is 1. The zero-order chi connectivity index (χ0) is 16.0. The molecule has 0 radical (unpaired) electrons. The summed E-state index contributed by atoms with van der Waals surface area (Å²) < 4.78 is 5.82. The summed E-state index contributed by atoms with van der Waals surface area (Å²) in [7, 11) is 2.24. The third-order valence-corrected chi connectivity index (χ3v) is 6.29. The minimum atomic E-state index is 0.188. The molecular formula is C20H27NO2. The normalized spacial score (nSPS) is 36.5. The van der Waals surface area contributed by atoms with Gasteiger partial charge >= 0.3 is 0 Å². The van der Waals surface area contributed by atoms with Crippen LogP contribution >= 0.6 is 0 Å². The smallest absolute Gasteiger partial charge is 0.166 e. The summed E-state index contributed by atoms with van der Waals surface area (Å²) >= 11 is 0. The van der Waals surface area contributed by atoms with Crippen LogP contribution in [0.3, 0.4) is 0 Å². The molecule has 3 heteroatoms. The van der Waals surface area contributed by atoms with Gasteiger partial charge in [0.2, 0.25) is 0 Å². The second kappa shape index (κ2) is 6.03. The number of ketones is 1. The lowest BCUT2D eigenvalue weighted by molar-refractivity contribution is 0.0280. The van der Waals surface area contributed by atoms with E-state index in [0.29, 0.717) is 36.0 Å². The molecule has 23 heavy (non-hydrogen) atoms. The maximum atomic E-state index is 13.1. The molecule has 0 saturated carbocycles. The number of carbonyl (C=O) groups excluding carboxylic acids is 1. The van der Waals surface area contributed by atoms with Crippen molar-refractivity contribution in [3.05, 3.63) is 35.9 Å². The minimum Gasteiger partial charge on any atom is -0.366 e. The first-order chi connectivity index (χ1) is 11.2. The molecule has 0 amide bonds. The third-order valence-electron chi connectivity index (χ3n) is 6.29. The van der Waals surface area contributed by atoms with Gasteiger partial charge in [-0.1, -0.05) is 50.1 Å². The standard InChI is InChI=1S/C20H27NO2/c1-3-4-10-15(18(22)13-8-6-5-7-9-13)14-11-16-19-20(23-19)17(12-14)21(16)2/h5-9,14-17,19-20H,3-4,10-12H2,1-2H3. The van der Waals surface area contributed by atoms with Crippen molar-refractivity contribution in [1.29, 1.82) is 0 Å². The van der Waals surface area contributed by atoms with Gasteiger partial charge in [0.15, 0.2) is 5.78 Å². The van der Waals surface area contributed by atoms with Crippen molar-refractivity contribution in [3.63, 3.8) is 0 Å². The number of benzene rings is 1. The molecular weight excluding hydrogens is 286 g/mol. The first-order valence-corrected chi connectivity index (χ1v) is 9.17. The predicted molar refractivity (Wildman–Crippen MR) is 90.5 cm³/mol. The Hall–Kier alpha value is -1.19. The Labute approximate surface area is 139 Å². The van der Waals surface area contributed by atoms with E-state index in [1.807, 2.05) is 30.3 Å². The molecule has 5 unspecified atom stereocenters. The average molecular weight is 313 g/mol. The zero-order valence-electron chi connectivity index (χ0n) is 14.2. The van der Waals surface area contributed by atoms with Gasteiger partial charge in [0.25, 0.3) is 0 Å². The third kappa shape index (κ3) is 2.64. The zero-order valence-corrected chi connectivity index (χ0v) is 14.2. The topological polar surface area (TPSA) is 32.8 Å². The molecule has 3 saturated heterocycles. The van der Waals surface area contributed by atoms with Crippen LogP contribution in [-0.2, 0) is 4.74 Å². The van der Waals surface area contributed by atoms with Gasteiger partial charge in [-0.3, -0.25) is 9.69 Å². The van der Waals surface area contributed by atoms with Crippen LogP contribution in [0.25, 0.3) is 0 Å². The number of morpholine rings is 1. The number of piperidine rings is 1. The van der Waals surface area contributed by atoms with Crippen LogP contribution in [-0.4, -0.2) is 42.0 Å². The number of hydrogen-bond acceptors (Lipinski definition) is 3. The van der Waals surface area contributed by atoms with Gasteiger partial charge in [-0.2, -0.15) is 0 Å². The molecule has 3 aliphatic heterocycles. The van der Waals surface area contributed by atoms with Crippen molar-refractivity contribution in [3.8, 4) is 0 Å². The van der Waals surface area contributed by atoms with Crippen LogP contribution < -0.4 is 0 Å². The Kier molecular flexibility index (Phi) is 4.02. The number of likely N-dealkylation sites (N-methyl/N-ethyl adjacent to an activating group) is 1. The quantitative estimate of drug-likeness (QED) is 0.595. The fourth-order valence-electron chi connectivity index (χ4n) is 4.93. The monoisotopic (exact) mass is 313 g/mol. The fraction of sp³-hybridized carbons (Fsp3) is 0.650. The average Bonchev–Trinajstić information content (AvgIpc) is 3.33. The molecule has 3 nitrogen and oxygen atoms in total. The number of unbranched alkanes of at least 4 members (excludes halogenated alkanes) is 1. The Balaban J connectivity index is 1.53. The van der Waals surface area contributed by atoms with Gasteiger partial charge in [0.1, 0.15) is 12.2 Å². The van der Waals surface area contributed by atoms with E-state index in [1.165, 1.54) is 0 Å². The van der Waals surface area contributed by atoms with Crippen molar-refractivity contribution in [1.82, 2.24) is 4.90 Å². The Bertz CT molecular complexity index is 554. The van der Waals surface area contributed by atoms with Gasteiger partial charge in [0.05, 0.1) is 0 Å². The summed E-state index contributed by atoms with van der Waals surface area (Å²) in [6, 6.07) is 11.0. The molecule has 0 N–H and O–H groups in total. The minimum absolute atomic E-state index is 0.188. The number of epoxide rings is 1. The van der Waals surface area contributed by atoms with Crippen LogP contribution in [0.2, 0.25) is 0 Å². The summed E-state index contributed by atoms with van der Waals surface area (Å²) in [5.74, 6) is 1.08. The second-order valence-corrected chi connectivity index (χ2v) is 7.58. The largest absolute Gasteiger partial charge is 0.366 e. The molecule has 0 aliphatic carbocycles. The number of nitrogens with zero attached hydrogens (tertiary/aromatic N) is 1. The van der Waals surface area contributed by atoms with Gasteiger partial charge < -0.3 is 4.74 Å². The molecule has 3 heterocycles. The molecule has 0 aromatic heterocycles. The van der Waals surface area contributed by atoms with Crippen LogP contribution in [0.15, 0.2) is 30.3 Å². The molecule has 5 atom stereocenters. The van der Waals surface area contributed by atoms with Crippen molar-refractivity contribution in [2.45, 2.75) is 63.3 Å². The molecule has 2 bridgehead atoms. The van der Waals surface area contributed by atoms with Crippen LogP contribution in [0.5, 0.6) is 0 Å². The molecule has 3 aliphatic rings. The summed E-state index contributed by atoms with van der Waals surface area (Å²) in [6.45, 7) is 2.21. The summed E-state index contributed by atoms with van der Waals surface area (Å²) in [6.07, 6.45) is 6.50. The summed E-state index contributed by atoms with van der Waals surface area (Å²) in [5.41, 5.74) is 0.890. The number of carbonyl (C=O) groups is 1. The maximum Gasteiger partial charge on any atom is 0.166 e. The number of hydrogen-bond donors (Lipinski definition) is 0. The van der Waals surface area contributed by atoms with E-state index in [2.05, 4.69) is 18.9 Å². The van der Waals surface area contributed by atoms with Crippen LogP contribution in [0, 0.1) is 11.8 Å². The Morgan fingerprint density at radius 1 is 1.22 bits per heavy atom. The highest BCUT2D eigenvalue weighted by atomic mass is 16.6.